The van der Waals surface area contributed by atoms with E-state index in [9.17, 15) is 4.39 Å². The Morgan fingerprint density at radius 1 is 1.09 bits per heavy atom. The molecule has 3 aromatic heterocycles. The van der Waals surface area contributed by atoms with Gasteiger partial charge >= 0.3 is 0 Å². The Labute approximate surface area is 257 Å². The molecule has 44 heavy (non-hydrogen) atoms. The standard InChI is InChI=1S/C29H37F2N11.C2H6/c1-17(2)42-18(3)36-27-21(30)13-20(14-24(27)42)26-22(31)15-35-29(39-26)38-25-6-5-19-16-41(9-7-23(19)37-25)12-11-40(4)10-8-34-28(32)33;1-2/h5-6,13-15,17H,7-12,16H2,1-4H3,(H4,32,33,34)(H,35,37,38,39);1-2H3. The molecule has 0 amide bonds. The van der Waals surface area contributed by atoms with E-state index < -0.39 is 11.6 Å². The predicted octanol–water partition coefficient (Wildman–Crippen LogP) is 4.39. The van der Waals surface area contributed by atoms with Crippen molar-refractivity contribution < 1.29 is 8.78 Å². The monoisotopic (exact) mass is 607 g/mol. The third-order valence-corrected chi connectivity index (χ3v) is 7.40. The summed E-state index contributed by atoms with van der Waals surface area (Å²) in [5.41, 5.74) is 14.1. The van der Waals surface area contributed by atoms with Gasteiger partial charge in [0.25, 0.3) is 0 Å². The van der Waals surface area contributed by atoms with Crippen LogP contribution in [-0.4, -0.2) is 80.0 Å². The summed E-state index contributed by atoms with van der Waals surface area (Å²) in [6.07, 6.45) is 1.89. The minimum absolute atomic E-state index is 0.000623. The van der Waals surface area contributed by atoms with Crippen LogP contribution < -0.4 is 16.8 Å². The zero-order valence-electron chi connectivity index (χ0n) is 26.4. The van der Waals surface area contributed by atoms with Crippen molar-refractivity contribution in [2.75, 3.05) is 45.1 Å². The molecule has 0 spiro atoms. The molecule has 0 aliphatic carbocycles. The smallest absolute Gasteiger partial charge is 0.229 e. The second-order valence-corrected chi connectivity index (χ2v) is 10.9. The maximum absolute atomic E-state index is 15.0. The Morgan fingerprint density at radius 2 is 1.86 bits per heavy atom. The van der Waals surface area contributed by atoms with Crippen molar-refractivity contribution in [3.63, 3.8) is 0 Å². The fourth-order valence-electron chi connectivity index (χ4n) is 5.31. The third-order valence-electron chi connectivity index (χ3n) is 7.40. The number of imidazole rings is 1. The number of nitrogens with two attached hydrogens (primary N) is 2. The number of anilines is 2. The van der Waals surface area contributed by atoms with Gasteiger partial charge in [0.1, 0.15) is 22.9 Å². The van der Waals surface area contributed by atoms with E-state index in [2.05, 4.69) is 42.1 Å². The second kappa shape index (κ2) is 14.5. The SMILES string of the molecule is CC.Cc1nc2c(F)cc(-c3nc(Nc4ccc5c(n4)CCN(CCN(C)CCN=C(N)N)C5)ncc3F)cc2n1C(C)C. The molecule has 1 aliphatic rings. The molecule has 5 N–H and O–H groups in total. The molecule has 11 nitrogen and oxygen atoms in total. The van der Waals surface area contributed by atoms with Crippen LogP contribution in [0.4, 0.5) is 20.5 Å². The molecule has 1 aliphatic heterocycles. The lowest BCUT2D eigenvalue weighted by atomic mass is 10.1. The van der Waals surface area contributed by atoms with Gasteiger partial charge in [-0.2, -0.15) is 0 Å². The van der Waals surface area contributed by atoms with Crippen molar-refractivity contribution >= 4 is 28.8 Å². The molecule has 0 atom stereocenters. The Morgan fingerprint density at radius 3 is 2.59 bits per heavy atom. The summed E-state index contributed by atoms with van der Waals surface area (Å²) in [5, 5.41) is 3.10. The number of fused-ring (bicyclic) bond motifs is 2. The molecule has 0 bridgehead atoms. The van der Waals surface area contributed by atoms with Crippen LogP contribution in [0.5, 0.6) is 0 Å². The van der Waals surface area contributed by atoms with Crippen molar-refractivity contribution in [3.8, 4) is 11.3 Å². The summed E-state index contributed by atoms with van der Waals surface area (Å²) in [4.78, 5) is 26.3. The Balaban J connectivity index is 0.00000216. The highest BCUT2D eigenvalue weighted by Crippen LogP contribution is 2.30. The molecule has 5 rings (SSSR count). The molecular formula is C31H43F2N11. The van der Waals surface area contributed by atoms with Crippen LogP contribution in [0, 0.1) is 18.6 Å². The van der Waals surface area contributed by atoms with Gasteiger partial charge < -0.3 is 26.3 Å². The molecule has 0 fully saturated rings. The topological polar surface area (TPSA) is 139 Å². The molecule has 0 unspecified atom stereocenters. The van der Waals surface area contributed by atoms with E-state index in [1.54, 1.807) is 6.07 Å². The number of guanidine groups is 1. The quantitative estimate of drug-likeness (QED) is 0.177. The lowest BCUT2D eigenvalue weighted by Gasteiger charge is -2.29. The number of pyridine rings is 1. The lowest BCUT2D eigenvalue weighted by molar-refractivity contribution is 0.212. The highest BCUT2D eigenvalue weighted by atomic mass is 19.1. The number of nitrogens with one attached hydrogen (secondary N) is 1. The van der Waals surface area contributed by atoms with Gasteiger partial charge in [-0.15, -0.1) is 0 Å². The van der Waals surface area contributed by atoms with Gasteiger partial charge in [0.15, 0.2) is 17.6 Å². The molecule has 0 saturated carbocycles. The van der Waals surface area contributed by atoms with Gasteiger partial charge in [0.2, 0.25) is 5.95 Å². The first kappa shape index (κ1) is 32.7. The third kappa shape index (κ3) is 7.64. The van der Waals surface area contributed by atoms with Crippen LogP contribution in [0.15, 0.2) is 35.5 Å². The fourth-order valence-corrected chi connectivity index (χ4v) is 5.31. The summed E-state index contributed by atoms with van der Waals surface area (Å²) in [6.45, 7) is 14.7. The zero-order chi connectivity index (χ0) is 32.0. The molecule has 236 valence electrons. The molecule has 13 heteroatoms. The summed E-state index contributed by atoms with van der Waals surface area (Å²) in [5.74, 6) is 0.369. The average molecular weight is 608 g/mol. The van der Waals surface area contributed by atoms with Crippen LogP contribution in [-0.2, 0) is 13.0 Å². The number of halogens is 2. The highest BCUT2D eigenvalue weighted by Gasteiger charge is 2.20. The molecule has 4 heterocycles. The molecule has 0 saturated heterocycles. The first-order chi connectivity index (χ1) is 21.1. The van der Waals surface area contributed by atoms with Gasteiger partial charge in [0, 0.05) is 56.4 Å². The summed E-state index contributed by atoms with van der Waals surface area (Å²) in [6, 6.07) is 6.95. The van der Waals surface area contributed by atoms with E-state index in [4.69, 9.17) is 16.5 Å². The fraction of sp³-hybridized carbons (Fsp3) is 0.452. The number of rotatable bonds is 10. The van der Waals surface area contributed by atoms with Crippen molar-refractivity contribution in [1.29, 1.82) is 0 Å². The number of hydrogen-bond donors (Lipinski definition) is 3. The van der Waals surface area contributed by atoms with Crippen LogP contribution >= 0.6 is 0 Å². The summed E-state index contributed by atoms with van der Waals surface area (Å²) in [7, 11) is 2.05. The van der Waals surface area contributed by atoms with Crippen LogP contribution in [0.1, 0.15) is 50.8 Å². The van der Waals surface area contributed by atoms with E-state index in [-0.39, 0.29) is 29.2 Å². The van der Waals surface area contributed by atoms with E-state index >= 15 is 4.39 Å². The van der Waals surface area contributed by atoms with Gasteiger partial charge in [-0.3, -0.25) is 9.89 Å². The molecule has 0 radical (unpaired) electrons. The van der Waals surface area contributed by atoms with Gasteiger partial charge in [-0.25, -0.2) is 28.7 Å². The number of aliphatic imine (C=N–C) groups is 1. The Kier molecular flexibility index (Phi) is 10.8. The normalized spacial score (nSPS) is 13.1. The number of likely N-dealkylation sites (N-methyl/N-ethyl adjacent to an activating group) is 1. The predicted molar refractivity (Wildman–Crippen MR) is 172 cm³/mol. The summed E-state index contributed by atoms with van der Waals surface area (Å²) < 4.78 is 31.9. The van der Waals surface area contributed by atoms with Gasteiger partial charge in [-0.1, -0.05) is 19.9 Å². The van der Waals surface area contributed by atoms with Crippen LogP contribution in [0.2, 0.25) is 0 Å². The molecule has 4 aromatic rings. The van der Waals surface area contributed by atoms with Crippen molar-refractivity contribution in [2.45, 2.75) is 53.6 Å². The largest absolute Gasteiger partial charge is 0.370 e. The van der Waals surface area contributed by atoms with Crippen molar-refractivity contribution in [3.05, 3.63) is 59.2 Å². The molecule has 1 aromatic carbocycles. The lowest BCUT2D eigenvalue weighted by Crippen LogP contribution is -2.38. The maximum Gasteiger partial charge on any atom is 0.229 e. The van der Waals surface area contributed by atoms with Gasteiger partial charge in [0.05, 0.1) is 18.3 Å². The Bertz CT molecular complexity index is 1610. The number of aryl methyl sites for hydroxylation is 1. The maximum atomic E-state index is 15.0. The van der Waals surface area contributed by atoms with Gasteiger partial charge in [-0.05, 0) is 51.6 Å². The first-order valence-electron chi connectivity index (χ1n) is 15.0. The number of aromatic nitrogens is 5. The second-order valence-electron chi connectivity index (χ2n) is 10.9. The zero-order valence-corrected chi connectivity index (χ0v) is 26.4. The highest BCUT2D eigenvalue weighted by molar-refractivity contribution is 5.83. The van der Waals surface area contributed by atoms with Crippen LogP contribution in [0.3, 0.4) is 0 Å². The van der Waals surface area contributed by atoms with Crippen molar-refractivity contribution in [2.24, 2.45) is 16.5 Å². The van der Waals surface area contributed by atoms with E-state index in [1.165, 1.54) is 6.07 Å². The average Bonchev–Trinajstić information content (AvgIpc) is 3.34. The molecular weight excluding hydrogens is 564 g/mol. The Hall–Kier alpha value is -4.23. The minimum atomic E-state index is -0.646. The number of nitrogens with zero attached hydrogens (tertiary/aromatic N) is 8. The van der Waals surface area contributed by atoms with E-state index in [0.717, 1.165) is 56.6 Å². The minimum Gasteiger partial charge on any atom is -0.370 e. The first-order valence-corrected chi connectivity index (χ1v) is 15.0. The van der Waals surface area contributed by atoms with Crippen molar-refractivity contribution in [1.82, 2.24) is 34.3 Å². The van der Waals surface area contributed by atoms with E-state index in [1.807, 2.05) is 51.3 Å². The number of hydrogen-bond acceptors (Lipinski definition) is 8. The number of benzene rings is 1. The summed E-state index contributed by atoms with van der Waals surface area (Å²) >= 11 is 0. The van der Waals surface area contributed by atoms with Crippen LogP contribution in [0.25, 0.3) is 22.3 Å². The van der Waals surface area contributed by atoms with E-state index in [0.29, 0.717) is 29.3 Å².